The molecule has 2 aromatic heterocycles. The number of aryl methyl sites for hydroxylation is 1. The molecule has 38 heavy (non-hydrogen) atoms. The lowest BCUT2D eigenvalue weighted by atomic mass is 10.2. The molecule has 0 unspecified atom stereocenters. The van der Waals surface area contributed by atoms with Gasteiger partial charge in [-0.3, -0.25) is 4.98 Å². The number of morpholine rings is 1. The molecule has 1 aliphatic heterocycles. The molecule has 194 valence electrons. The van der Waals surface area contributed by atoms with Crippen molar-refractivity contribution < 1.29 is 19.0 Å². The van der Waals surface area contributed by atoms with E-state index < -0.39 is 5.82 Å². The SMILES string of the molecule is Cc1cc(Nc2ccc(CN=Nc3ncc(F)c(N4CCOCC4)n3)nc2)ccc1Oc1cccc(O)c1. The predicted molar refractivity (Wildman–Crippen MR) is 140 cm³/mol. The molecule has 1 saturated heterocycles. The number of hydrogen-bond donors (Lipinski definition) is 2. The highest BCUT2D eigenvalue weighted by atomic mass is 19.1. The van der Waals surface area contributed by atoms with E-state index in [2.05, 4.69) is 30.5 Å². The van der Waals surface area contributed by atoms with Gasteiger partial charge in [0.25, 0.3) is 5.95 Å². The minimum absolute atomic E-state index is 0.0954. The monoisotopic (exact) mass is 515 g/mol. The number of nitrogens with zero attached hydrogens (tertiary/aromatic N) is 6. The molecule has 4 aromatic rings. The van der Waals surface area contributed by atoms with Crippen LogP contribution in [0.3, 0.4) is 0 Å². The highest BCUT2D eigenvalue weighted by Crippen LogP contribution is 2.30. The molecule has 5 rings (SSSR count). The zero-order chi connectivity index (χ0) is 26.3. The largest absolute Gasteiger partial charge is 0.508 e. The normalized spacial score (nSPS) is 13.6. The number of aromatic nitrogens is 3. The van der Waals surface area contributed by atoms with Crippen molar-refractivity contribution in [3.8, 4) is 17.2 Å². The van der Waals surface area contributed by atoms with Crippen LogP contribution in [-0.2, 0) is 11.3 Å². The molecule has 2 N–H and O–H groups in total. The summed E-state index contributed by atoms with van der Waals surface area (Å²) in [7, 11) is 0. The summed E-state index contributed by atoms with van der Waals surface area (Å²) < 4.78 is 25.3. The lowest BCUT2D eigenvalue weighted by molar-refractivity contribution is 0.122. The zero-order valence-corrected chi connectivity index (χ0v) is 20.7. The summed E-state index contributed by atoms with van der Waals surface area (Å²) in [5, 5.41) is 21.1. The van der Waals surface area contributed by atoms with Crippen LogP contribution >= 0.6 is 0 Å². The van der Waals surface area contributed by atoms with Gasteiger partial charge in [0.2, 0.25) is 0 Å². The van der Waals surface area contributed by atoms with E-state index in [1.165, 1.54) is 0 Å². The molecule has 1 fully saturated rings. The quantitative estimate of drug-likeness (QED) is 0.288. The van der Waals surface area contributed by atoms with Crippen molar-refractivity contribution in [3.63, 3.8) is 0 Å². The van der Waals surface area contributed by atoms with E-state index >= 15 is 0 Å². The molecule has 0 spiro atoms. The number of azo groups is 1. The van der Waals surface area contributed by atoms with Crippen LogP contribution in [0.15, 0.2) is 77.2 Å². The van der Waals surface area contributed by atoms with Gasteiger partial charge in [-0.1, -0.05) is 6.07 Å². The van der Waals surface area contributed by atoms with Crippen molar-refractivity contribution in [2.75, 3.05) is 36.5 Å². The number of phenolic OH excluding ortho intramolecular Hbond substituents is 1. The number of anilines is 3. The Morgan fingerprint density at radius 3 is 2.66 bits per heavy atom. The summed E-state index contributed by atoms with van der Waals surface area (Å²) in [6, 6.07) is 16.2. The Balaban J connectivity index is 1.17. The van der Waals surface area contributed by atoms with E-state index in [1.807, 2.05) is 42.2 Å². The van der Waals surface area contributed by atoms with E-state index in [1.54, 1.807) is 30.5 Å². The fraction of sp³-hybridized carbons (Fsp3) is 0.222. The summed E-state index contributed by atoms with van der Waals surface area (Å²) in [6.07, 6.45) is 2.82. The fourth-order valence-electron chi connectivity index (χ4n) is 3.84. The fourth-order valence-corrected chi connectivity index (χ4v) is 3.84. The van der Waals surface area contributed by atoms with Gasteiger partial charge in [0.15, 0.2) is 11.6 Å². The molecule has 1 aliphatic rings. The second-order valence-electron chi connectivity index (χ2n) is 8.58. The van der Waals surface area contributed by atoms with Gasteiger partial charge >= 0.3 is 0 Å². The second kappa shape index (κ2) is 11.6. The Hall–Kier alpha value is -4.64. The van der Waals surface area contributed by atoms with Gasteiger partial charge in [-0.15, -0.1) is 5.11 Å². The van der Waals surface area contributed by atoms with Crippen LogP contribution in [0.5, 0.6) is 17.2 Å². The molecule has 0 atom stereocenters. The molecule has 2 aromatic carbocycles. The van der Waals surface area contributed by atoms with Gasteiger partial charge in [-0.05, 0) is 55.0 Å². The van der Waals surface area contributed by atoms with Gasteiger partial charge in [0.1, 0.15) is 23.8 Å². The Morgan fingerprint density at radius 2 is 1.89 bits per heavy atom. The van der Waals surface area contributed by atoms with Crippen molar-refractivity contribution in [1.82, 2.24) is 15.0 Å². The summed E-state index contributed by atoms with van der Waals surface area (Å²) >= 11 is 0. The lowest BCUT2D eigenvalue weighted by Crippen LogP contribution is -2.37. The van der Waals surface area contributed by atoms with Crippen molar-refractivity contribution in [3.05, 3.63) is 84.1 Å². The van der Waals surface area contributed by atoms with Crippen molar-refractivity contribution >= 4 is 23.1 Å². The number of pyridine rings is 1. The number of nitrogens with one attached hydrogen (secondary N) is 1. The van der Waals surface area contributed by atoms with Crippen molar-refractivity contribution in [1.29, 1.82) is 0 Å². The van der Waals surface area contributed by atoms with Gasteiger partial charge < -0.3 is 24.8 Å². The molecule has 0 saturated carbocycles. The maximum absolute atomic E-state index is 14.2. The Bertz CT molecular complexity index is 1430. The third kappa shape index (κ3) is 6.37. The van der Waals surface area contributed by atoms with Crippen LogP contribution in [0, 0.1) is 12.7 Å². The number of benzene rings is 2. The maximum atomic E-state index is 14.2. The third-order valence-electron chi connectivity index (χ3n) is 5.75. The number of halogens is 1. The first-order valence-electron chi connectivity index (χ1n) is 12.1. The van der Waals surface area contributed by atoms with Gasteiger partial charge in [-0.25, -0.2) is 9.37 Å². The highest BCUT2D eigenvalue weighted by Gasteiger charge is 2.17. The molecular weight excluding hydrogens is 489 g/mol. The first kappa shape index (κ1) is 25.0. The Labute approximate surface area is 218 Å². The van der Waals surface area contributed by atoms with Crippen LogP contribution < -0.4 is 15.0 Å². The minimum atomic E-state index is -0.496. The number of ether oxygens (including phenoxy) is 2. The summed E-state index contributed by atoms with van der Waals surface area (Å²) in [4.78, 5) is 14.4. The van der Waals surface area contributed by atoms with Crippen LogP contribution in [0.1, 0.15) is 11.3 Å². The highest BCUT2D eigenvalue weighted by molar-refractivity contribution is 5.61. The number of phenols is 1. The maximum Gasteiger partial charge on any atom is 0.270 e. The smallest absolute Gasteiger partial charge is 0.270 e. The van der Waals surface area contributed by atoms with Gasteiger partial charge in [-0.2, -0.15) is 10.1 Å². The molecular formula is C27H26FN7O3. The molecule has 0 amide bonds. The average Bonchev–Trinajstić information content (AvgIpc) is 2.93. The number of aromatic hydroxyl groups is 1. The molecule has 0 bridgehead atoms. The summed E-state index contributed by atoms with van der Waals surface area (Å²) in [5.74, 6) is 1.22. The lowest BCUT2D eigenvalue weighted by Gasteiger charge is -2.27. The molecule has 3 heterocycles. The topological polar surface area (TPSA) is 117 Å². The number of rotatable bonds is 8. The first-order valence-corrected chi connectivity index (χ1v) is 12.1. The van der Waals surface area contributed by atoms with Crippen molar-refractivity contribution in [2.45, 2.75) is 13.5 Å². The van der Waals surface area contributed by atoms with E-state index in [0.29, 0.717) is 43.5 Å². The second-order valence-corrected chi connectivity index (χ2v) is 8.58. The Morgan fingerprint density at radius 1 is 1.05 bits per heavy atom. The minimum Gasteiger partial charge on any atom is -0.508 e. The van der Waals surface area contributed by atoms with E-state index in [-0.39, 0.29) is 24.1 Å². The zero-order valence-electron chi connectivity index (χ0n) is 20.7. The van der Waals surface area contributed by atoms with Crippen LogP contribution in [-0.4, -0.2) is 46.4 Å². The number of hydrogen-bond acceptors (Lipinski definition) is 10. The van der Waals surface area contributed by atoms with Gasteiger partial charge in [0.05, 0.1) is 37.0 Å². The first-order chi connectivity index (χ1) is 18.5. The molecule has 11 heteroatoms. The standard InChI is InChI=1S/C27H26FN7O3/c1-18-13-19(7-8-25(18)38-23-4-2-3-22(36)14-23)32-21-6-5-20(29-15-21)16-31-34-27-30-17-24(28)26(33-27)35-9-11-37-12-10-35/h2-8,13-15,17,32,36H,9-12,16H2,1H3. The molecule has 0 radical (unpaired) electrons. The summed E-state index contributed by atoms with van der Waals surface area (Å²) in [5.41, 5.74) is 3.33. The van der Waals surface area contributed by atoms with Crippen LogP contribution in [0.2, 0.25) is 0 Å². The average molecular weight is 516 g/mol. The Kier molecular flexibility index (Phi) is 7.65. The van der Waals surface area contributed by atoms with E-state index in [9.17, 15) is 9.50 Å². The third-order valence-corrected chi connectivity index (χ3v) is 5.75. The van der Waals surface area contributed by atoms with E-state index in [0.717, 1.165) is 23.1 Å². The summed E-state index contributed by atoms with van der Waals surface area (Å²) in [6.45, 7) is 4.35. The predicted octanol–water partition coefficient (Wildman–Crippen LogP) is 5.68. The molecule has 0 aliphatic carbocycles. The van der Waals surface area contributed by atoms with Crippen LogP contribution in [0.4, 0.5) is 27.5 Å². The molecule has 10 nitrogen and oxygen atoms in total. The van der Waals surface area contributed by atoms with Crippen LogP contribution in [0.25, 0.3) is 0 Å². The van der Waals surface area contributed by atoms with E-state index in [4.69, 9.17) is 9.47 Å². The van der Waals surface area contributed by atoms with Gasteiger partial charge in [0, 0.05) is 24.8 Å². The van der Waals surface area contributed by atoms with Crippen molar-refractivity contribution in [2.24, 2.45) is 10.2 Å².